The number of carbonyl (C=O) groups excluding carboxylic acids is 2. The Hall–Kier alpha value is -4.16. The van der Waals surface area contributed by atoms with E-state index in [4.69, 9.17) is 16.3 Å². The van der Waals surface area contributed by atoms with E-state index in [1.54, 1.807) is 28.4 Å². The van der Waals surface area contributed by atoms with Gasteiger partial charge in [0.1, 0.15) is 5.69 Å². The molecule has 0 N–H and O–H groups in total. The summed E-state index contributed by atoms with van der Waals surface area (Å²) in [5, 5.41) is 2.10. The number of benzene rings is 3. The lowest BCUT2D eigenvalue weighted by atomic mass is 9.98. The maximum Gasteiger partial charge on any atom is 0.305 e. The minimum Gasteiger partial charge on any atom is -0.469 e. The summed E-state index contributed by atoms with van der Waals surface area (Å²) < 4.78 is 8.11. The van der Waals surface area contributed by atoms with Crippen molar-refractivity contribution in [3.63, 3.8) is 0 Å². The van der Waals surface area contributed by atoms with E-state index in [0.717, 1.165) is 38.5 Å². The van der Waals surface area contributed by atoms with Gasteiger partial charge in [-0.3, -0.25) is 14.4 Å². The van der Waals surface area contributed by atoms with Crippen LogP contribution in [-0.2, 0) is 16.6 Å². The molecule has 5 rings (SSSR count). The topological polar surface area (TPSA) is 70.3 Å². The summed E-state index contributed by atoms with van der Waals surface area (Å²) in [6, 6.07) is 20.9. The lowest BCUT2D eigenvalue weighted by molar-refractivity contribution is -0.140. The minimum absolute atomic E-state index is 0.0105. The van der Waals surface area contributed by atoms with E-state index < -0.39 is 5.97 Å². The van der Waals surface area contributed by atoms with E-state index in [1.165, 1.54) is 7.11 Å². The lowest BCUT2D eigenvalue weighted by Gasteiger charge is -2.18. The van der Waals surface area contributed by atoms with Crippen LogP contribution in [0.1, 0.15) is 28.8 Å². The van der Waals surface area contributed by atoms with Gasteiger partial charge in [0.05, 0.1) is 24.6 Å². The molecule has 2 heterocycles. The molecular weight excluding hydrogens is 488 g/mol. The van der Waals surface area contributed by atoms with Gasteiger partial charge in [0.25, 0.3) is 5.56 Å². The average Bonchev–Trinajstić information content (AvgIpc) is 3.27. The summed E-state index contributed by atoms with van der Waals surface area (Å²) in [7, 11) is 3.03. The summed E-state index contributed by atoms with van der Waals surface area (Å²) in [5.41, 5.74) is 4.70. The molecule has 37 heavy (non-hydrogen) atoms. The Morgan fingerprint density at radius 2 is 1.65 bits per heavy atom. The molecule has 0 spiro atoms. The molecule has 0 fully saturated rings. The van der Waals surface area contributed by atoms with Crippen LogP contribution < -0.4 is 5.56 Å². The van der Waals surface area contributed by atoms with Gasteiger partial charge in [-0.1, -0.05) is 53.6 Å². The fourth-order valence-electron chi connectivity index (χ4n) is 4.83. The number of ketones is 1. The fraction of sp³-hybridized carbons (Fsp3) is 0.167. The van der Waals surface area contributed by atoms with Crippen LogP contribution in [-0.4, -0.2) is 28.0 Å². The van der Waals surface area contributed by atoms with Crippen molar-refractivity contribution in [2.75, 3.05) is 7.11 Å². The van der Waals surface area contributed by atoms with Crippen LogP contribution >= 0.6 is 11.6 Å². The minimum atomic E-state index is -0.445. The van der Waals surface area contributed by atoms with E-state index in [-0.39, 0.29) is 24.2 Å². The quantitative estimate of drug-likeness (QED) is 0.199. The molecule has 0 atom stereocenters. The molecule has 0 aliphatic rings. The molecule has 0 unspecified atom stereocenters. The summed E-state index contributed by atoms with van der Waals surface area (Å²) in [6.07, 6.45) is 1.71. The molecule has 0 amide bonds. The SMILES string of the molecule is COC(=O)CCC(=O)c1cn(-c2c(-c3ccccc3)c3cc(Cl)ccc3n(C)c2=O)c2ccc(C)cc12. The fourth-order valence-corrected chi connectivity index (χ4v) is 5.00. The van der Waals surface area contributed by atoms with Crippen molar-refractivity contribution in [3.8, 4) is 16.8 Å². The number of ether oxygens (including phenoxy) is 1. The highest BCUT2D eigenvalue weighted by molar-refractivity contribution is 6.31. The molecule has 0 saturated heterocycles. The molecule has 0 radical (unpaired) electrons. The van der Waals surface area contributed by atoms with Gasteiger partial charge >= 0.3 is 5.97 Å². The van der Waals surface area contributed by atoms with Crippen molar-refractivity contribution >= 4 is 45.2 Å². The molecule has 6 nitrogen and oxygen atoms in total. The van der Waals surface area contributed by atoms with E-state index in [1.807, 2.05) is 67.6 Å². The predicted molar refractivity (Wildman–Crippen MR) is 147 cm³/mol. The molecule has 0 bridgehead atoms. The monoisotopic (exact) mass is 512 g/mol. The van der Waals surface area contributed by atoms with Crippen LogP contribution in [0.3, 0.4) is 0 Å². The second-order valence-electron chi connectivity index (χ2n) is 9.05. The standard InChI is InChI=1S/C30H25ClN2O4/c1-18-9-11-25-21(15-18)23(26(34)13-14-27(35)37-3)17-33(25)29-28(19-7-5-4-6-8-19)22-16-20(31)10-12-24(22)32(2)30(29)36/h4-12,15-17H,13-14H2,1-3H3. The van der Waals surface area contributed by atoms with Crippen molar-refractivity contribution in [3.05, 3.63) is 99.4 Å². The smallest absolute Gasteiger partial charge is 0.305 e. The number of halogens is 1. The third-order valence-electron chi connectivity index (χ3n) is 6.68. The molecular formula is C30H25ClN2O4. The highest BCUT2D eigenvalue weighted by Gasteiger charge is 2.23. The second kappa shape index (κ2) is 9.71. The maximum atomic E-state index is 14.0. The van der Waals surface area contributed by atoms with Crippen molar-refractivity contribution < 1.29 is 14.3 Å². The van der Waals surface area contributed by atoms with Crippen molar-refractivity contribution in [2.24, 2.45) is 7.05 Å². The zero-order chi connectivity index (χ0) is 26.3. The number of fused-ring (bicyclic) bond motifs is 2. The van der Waals surface area contributed by atoms with Crippen molar-refractivity contribution in [1.82, 2.24) is 9.13 Å². The highest BCUT2D eigenvalue weighted by Crippen LogP contribution is 2.36. The number of aryl methyl sites for hydroxylation is 2. The van der Waals surface area contributed by atoms with Gasteiger partial charge in [-0.05, 0) is 42.8 Å². The molecule has 0 saturated carbocycles. The zero-order valence-electron chi connectivity index (χ0n) is 20.7. The second-order valence-corrected chi connectivity index (χ2v) is 9.48. The van der Waals surface area contributed by atoms with Crippen molar-refractivity contribution in [2.45, 2.75) is 19.8 Å². The Morgan fingerprint density at radius 3 is 2.38 bits per heavy atom. The largest absolute Gasteiger partial charge is 0.469 e. The number of carbonyl (C=O) groups is 2. The number of hydrogen-bond donors (Lipinski definition) is 0. The summed E-state index contributed by atoms with van der Waals surface area (Å²) in [5.74, 6) is -0.637. The highest BCUT2D eigenvalue weighted by atomic mass is 35.5. The van der Waals surface area contributed by atoms with Crippen molar-refractivity contribution in [1.29, 1.82) is 0 Å². The first-order valence-corrected chi connectivity index (χ1v) is 12.3. The number of nitrogens with zero attached hydrogens (tertiary/aromatic N) is 2. The maximum absolute atomic E-state index is 14.0. The lowest BCUT2D eigenvalue weighted by Crippen LogP contribution is -2.23. The first kappa shape index (κ1) is 24.5. The van der Waals surface area contributed by atoms with Gasteiger partial charge in [0.15, 0.2) is 5.78 Å². The van der Waals surface area contributed by atoms with Crippen LogP contribution in [0, 0.1) is 6.92 Å². The molecule has 186 valence electrons. The molecule has 0 aliphatic carbocycles. The summed E-state index contributed by atoms with van der Waals surface area (Å²) >= 11 is 6.42. The van der Waals surface area contributed by atoms with Gasteiger partial charge in [-0.25, -0.2) is 0 Å². The first-order chi connectivity index (χ1) is 17.8. The van der Waals surface area contributed by atoms with Gasteiger partial charge in [-0.2, -0.15) is 0 Å². The van der Waals surface area contributed by atoms with Gasteiger partial charge in [0, 0.05) is 46.6 Å². The molecule has 7 heteroatoms. The number of hydrogen-bond acceptors (Lipinski definition) is 4. The third-order valence-corrected chi connectivity index (χ3v) is 6.92. The first-order valence-electron chi connectivity index (χ1n) is 11.9. The van der Waals surface area contributed by atoms with Gasteiger partial charge < -0.3 is 13.9 Å². The van der Waals surface area contributed by atoms with Crippen LogP contribution in [0.2, 0.25) is 5.02 Å². The molecule has 3 aromatic carbocycles. The Balaban J connectivity index is 1.86. The normalized spacial score (nSPS) is 11.2. The number of rotatable bonds is 6. The van der Waals surface area contributed by atoms with Crippen LogP contribution in [0.25, 0.3) is 38.6 Å². The van der Waals surface area contributed by atoms with Gasteiger partial charge in [0.2, 0.25) is 0 Å². The molecule has 5 aromatic rings. The number of methoxy groups -OCH3 is 1. The Kier molecular flexibility index (Phi) is 6.44. The van der Waals surface area contributed by atoms with E-state index in [0.29, 0.717) is 16.3 Å². The Bertz CT molecular complexity index is 1750. The Morgan fingerprint density at radius 1 is 0.919 bits per heavy atom. The predicted octanol–water partition coefficient (Wildman–Crippen LogP) is 6.25. The Labute approximate surface area is 218 Å². The summed E-state index contributed by atoms with van der Waals surface area (Å²) in [4.78, 5) is 38.9. The molecule has 2 aromatic heterocycles. The third kappa shape index (κ3) is 4.34. The zero-order valence-corrected chi connectivity index (χ0v) is 21.5. The number of pyridine rings is 1. The van der Waals surface area contributed by atoms with Crippen LogP contribution in [0.15, 0.2) is 77.7 Å². The van der Waals surface area contributed by atoms with Crippen LogP contribution in [0.5, 0.6) is 0 Å². The van der Waals surface area contributed by atoms with Crippen LogP contribution in [0.4, 0.5) is 0 Å². The average molecular weight is 513 g/mol. The van der Waals surface area contributed by atoms with E-state index >= 15 is 0 Å². The van der Waals surface area contributed by atoms with E-state index in [2.05, 4.69) is 0 Å². The number of Topliss-reactive ketones (excluding diaryl/α,β-unsaturated/α-hetero) is 1. The molecule has 0 aliphatic heterocycles. The van der Waals surface area contributed by atoms with Gasteiger partial charge in [-0.15, -0.1) is 0 Å². The summed E-state index contributed by atoms with van der Waals surface area (Å²) in [6.45, 7) is 1.95. The van der Waals surface area contributed by atoms with E-state index in [9.17, 15) is 14.4 Å². The number of aromatic nitrogens is 2. The number of esters is 1.